The summed E-state index contributed by atoms with van der Waals surface area (Å²) in [6, 6.07) is 0. The number of carbonyl (C=O) groups excluding carboxylic acids is 2. The Bertz CT molecular complexity index is 735. The van der Waals surface area contributed by atoms with Crippen LogP contribution < -0.4 is 0 Å². The van der Waals surface area contributed by atoms with Crippen molar-refractivity contribution >= 4 is 11.9 Å². The predicted molar refractivity (Wildman–Crippen MR) is 242 cm³/mol. The van der Waals surface area contributed by atoms with Crippen molar-refractivity contribution in [1.29, 1.82) is 0 Å². The standard InChI is InChI=1S/C51H100O5/c1-5-9-13-17-25-33-41-47(39-31-15-11-7-3)50(53)55-45-37-29-23-19-21-27-35-43-49(52)44-36-28-22-20-24-30-38-46-56-51(54)48(40-32-16-12-8-4)42-34-26-18-14-10-6-2/h47-49,52H,5-46H2,1-4H3. The summed E-state index contributed by atoms with van der Waals surface area (Å²) in [7, 11) is 0. The molecule has 0 rings (SSSR count). The third kappa shape index (κ3) is 38.4. The molecule has 0 amide bonds. The Balaban J connectivity index is 3.80. The van der Waals surface area contributed by atoms with Gasteiger partial charge in [0.05, 0.1) is 31.2 Å². The van der Waals surface area contributed by atoms with Gasteiger partial charge in [-0.1, -0.05) is 233 Å². The maximum atomic E-state index is 12.8. The molecule has 334 valence electrons. The second-order valence-corrected chi connectivity index (χ2v) is 17.7. The molecule has 0 radical (unpaired) electrons. The number of rotatable bonds is 46. The van der Waals surface area contributed by atoms with E-state index in [4.69, 9.17) is 9.47 Å². The molecule has 0 spiro atoms. The van der Waals surface area contributed by atoms with Crippen LogP contribution in [0, 0.1) is 11.8 Å². The first-order chi connectivity index (χ1) is 27.5. The minimum Gasteiger partial charge on any atom is -0.465 e. The first-order valence-electron chi connectivity index (χ1n) is 25.5. The lowest BCUT2D eigenvalue weighted by atomic mass is 9.94. The number of ether oxygens (including phenoxy) is 2. The molecule has 0 aromatic heterocycles. The molecule has 0 heterocycles. The Morgan fingerprint density at radius 2 is 0.536 bits per heavy atom. The van der Waals surface area contributed by atoms with Crippen LogP contribution in [0.25, 0.3) is 0 Å². The molecular formula is C51H100O5. The Morgan fingerprint density at radius 1 is 0.321 bits per heavy atom. The van der Waals surface area contributed by atoms with Crippen molar-refractivity contribution < 1.29 is 24.2 Å². The highest BCUT2D eigenvalue weighted by Crippen LogP contribution is 2.23. The average molecular weight is 793 g/mol. The van der Waals surface area contributed by atoms with E-state index in [1.807, 2.05) is 0 Å². The molecule has 0 aliphatic heterocycles. The van der Waals surface area contributed by atoms with Crippen molar-refractivity contribution in [1.82, 2.24) is 0 Å². The van der Waals surface area contributed by atoms with E-state index in [0.29, 0.717) is 13.2 Å². The number of aliphatic hydroxyl groups excluding tert-OH is 1. The SMILES string of the molecule is CCCCCCCCC(CCCCCC)C(=O)OCCCCCCCCCC(O)CCCCCCCCCOC(=O)C(CCCCCC)CCCCCCCC. The van der Waals surface area contributed by atoms with Crippen LogP contribution in [0.4, 0.5) is 0 Å². The third-order valence-corrected chi connectivity index (χ3v) is 12.1. The molecular weight excluding hydrogens is 693 g/mol. The summed E-state index contributed by atoms with van der Waals surface area (Å²) in [6.07, 6.45) is 47.1. The quantitative estimate of drug-likeness (QED) is 0.0491. The molecule has 0 fully saturated rings. The number of unbranched alkanes of at least 4 members (excludes halogenated alkanes) is 28. The first kappa shape index (κ1) is 54.9. The molecule has 2 atom stereocenters. The van der Waals surface area contributed by atoms with Gasteiger partial charge in [0.2, 0.25) is 0 Å². The van der Waals surface area contributed by atoms with Crippen LogP contribution in [0.1, 0.15) is 285 Å². The summed E-state index contributed by atoms with van der Waals surface area (Å²) in [4.78, 5) is 25.7. The van der Waals surface area contributed by atoms with Crippen LogP contribution in [-0.4, -0.2) is 36.4 Å². The zero-order valence-corrected chi connectivity index (χ0v) is 38.5. The molecule has 5 nitrogen and oxygen atoms in total. The lowest BCUT2D eigenvalue weighted by molar-refractivity contribution is -0.150. The summed E-state index contributed by atoms with van der Waals surface area (Å²) in [5.41, 5.74) is 0. The van der Waals surface area contributed by atoms with Crippen molar-refractivity contribution in [3.8, 4) is 0 Å². The second kappa shape index (κ2) is 45.0. The molecule has 5 heteroatoms. The fourth-order valence-corrected chi connectivity index (χ4v) is 8.19. The predicted octanol–water partition coefficient (Wildman–Crippen LogP) is 16.3. The van der Waals surface area contributed by atoms with Crippen LogP contribution in [-0.2, 0) is 19.1 Å². The summed E-state index contributed by atoms with van der Waals surface area (Å²) in [5.74, 6) is 0.345. The van der Waals surface area contributed by atoms with Crippen LogP contribution in [0.3, 0.4) is 0 Å². The number of carbonyl (C=O) groups is 2. The van der Waals surface area contributed by atoms with Gasteiger partial charge in [-0.3, -0.25) is 9.59 Å². The van der Waals surface area contributed by atoms with Gasteiger partial charge in [-0.25, -0.2) is 0 Å². The van der Waals surface area contributed by atoms with Gasteiger partial charge in [-0.05, 0) is 51.4 Å². The van der Waals surface area contributed by atoms with Gasteiger partial charge in [0, 0.05) is 0 Å². The van der Waals surface area contributed by atoms with Gasteiger partial charge in [0.15, 0.2) is 0 Å². The van der Waals surface area contributed by atoms with Gasteiger partial charge < -0.3 is 14.6 Å². The highest BCUT2D eigenvalue weighted by Gasteiger charge is 2.20. The second-order valence-electron chi connectivity index (χ2n) is 17.7. The summed E-state index contributed by atoms with van der Waals surface area (Å²) in [5, 5.41) is 10.5. The lowest BCUT2D eigenvalue weighted by Crippen LogP contribution is -2.18. The first-order valence-corrected chi connectivity index (χ1v) is 25.5. The highest BCUT2D eigenvalue weighted by molar-refractivity contribution is 5.72. The number of hydrogen-bond donors (Lipinski definition) is 1. The van der Waals surface area contributed by atoms with Crippen molar-refractivity contribution in [3.05, 3.63) is 0 Å². The fraction of sp³-hybridized carbons (Fsp3) is 0.961. The van der Waals surface area contributed by atoms with Crippen LogP contribution in [0.5, 0.6) is 0 Å². The van der Waals surface area contributed by atoms with Crippen molar-refractivity contribution in [2.45, 2.75) is 291 Å². The molecule has 2 unspecified atom stereocenters. The molecule has 0 saturated carbocycles. The molecule has 0 aromatic carbocycles. The zero-order valence-electron chi connectivity index (χ0n) is 38.5. The van der Waals surface area contributed by atoms with Crippen LogP contribution >= 0.6 is 0 Å². The van der Waals surface area contributed by atoms with E-state index >= 15 is 0 Å². The number of esters is 2. The Hall–Kier alpha value is -1.10. The number of hydrogen-bond acceptors (Lipinski definition) is 5. The minimum absolute atomic E-state index is 0.0648. The molecule has 0 saturated heterocycles. The lowest BCUT2D eigenvalue weighted by Gasteiger charge is -2.16. The van der Waals surface area contributed by atoms with E-state index in [-0.39, 0.29) is 29.9 Å². The number of aliphatic hydroxyl groups is 1. The molecule has 0 bridgehead atoms. The van der Waals surface area contributed by atoms with Gasteiger partial charge in [0.25, 0.3) is 0 Å². The van der Waals surface area contributed by atoms with Crippen molar-refractivity contribution in [2.24, 2.45) is 11.8 Å². The minimum atomic E-state index is -0.146. The third-order valence-electron chi connectivity index (χ3n) is 12.1. The topological polar surface area (TPSA) is 72.8 Å². The van der Waals surface area contributed by atoms with Gasteiger partial charge in [0.1, 0.15) is 0 Å². The van der Waals surface area contributed by atoms with Crippen LogP contribution in [0.15, 0.2) is 0 Å². The maximum Gasteiger partial charge on any atom is 0.308 e. The zero-order chi connectivity index (χ0) is 41.0. The molecule has 0 aliphatic carbocycles. The van der Waals surface area contributed by atoms with Gasteiger partial charge >= 0.3 is 11.9 Å². The molecule has 0 aromatic rings. The van der Waals surface area contributed by atoms with Gasteiger partial charge in [-0.15, -0.1) is 0 Å². The van der Waals surface area contributed by atoms with E-state index in [1.165, 1.54) is 154 Å². The smallest absolute Gasteiger partial charge is 0.308 e. The summed E-state index contributed by atoms with van der Waals surface area (Å²) < 4.78 is 11.5. The van der Waals surface area contributed by atoms with Crippen molar-refractivity contribution in [2.75, 3.05) is 13.2 Å². The highest BCUT2D eigenvalue weighted by atomic mass is 16.5. The Morgan fingerprint density at radius 3 is 0.821 bits per heavy atom. The fourth-order valence-electron chi connectivity index (χ4n) is 8.19. The Labute approximate surface area is 350 Å². The van der Waals surface area contributed by atoms with E-state index in [1.54, 1.807) is 0 Å². The normalized spacial score (nSPS) is 13.2. The van der Waals surface area contributed by atoms with Crippen molar-refractivity contribution in [3.63, 3.8) is 0 Å². The van der Waals surface area contributed by atoms with Crippen LogP contribution in [0.2, 0.25) is 0 Å². The maximum absolute atomic E-state index is 12.8. The monoisotopic (exact) mass is 793 g/mol. The largest absolute Gasteiger partial charge is 0.465 e. The summed E-state index contributed by atoms with van der Waals surface area (Å²) in [6.45, 7) is 10.2. The van der Waals surface area contributed by atoms with E-state index in [0.717, 1.165) is 103 Å². The van der Waals surface area contributed by atoms with Gasteiger partial charge in [-0.2, -0.15) is 0 Å². The summed E-state index contributed by atoms with van der Waals surface area (Å²) >= 11 is 0. The van der Waals surface area contributed by atoms with E-state index in [9.17, 15) is 14.7 Å². The average Bonchev–Trinajstić information content (AvgIpc) is 3.20. The van der Waals surface area contributed by atoms with E-state index < -0.39 is 0 Å². The molecule has 1 N–H and O–H groups in total. The molecule has 56 heavy (non-hydrogen) atoms. The van der Waals surface area contributed by atoms with E-state index in [2.05, 4.69) is 27.7 Å². The Kier molecular flexibility index (Phi) is 44.1. The molecule has 0 aliphatic rings.